The number of hydrogen-bond donors (Lipinski definition) is 3. The lowest BCUT2D eigenvalue weighted by atomic mass is 9.69. The molecule has 242 valence electrons. The Bertz CT molecular complexity index is 1480. The summed E-state index contributed by atoms with van der Waals surface area (Å²) in [4.78, 5) is 11.6. The summed E-state index contributed by atoms with van der Waals surface area (Å²) in [5.41, 5.74) is 3.00. The molecule has 2 aromatic carbocycles. The van der Waals surface area contributed by atoms with Gasteiger partial charge in [-0.05, 0) is 79.0 Å². The summed E-state index contributed by atoms with van der Waals surface area (Å²) >= 11 is 0. The molecule has 3 aliphatic rings. The molecule has 1 heterocycles. The van der Waals surface area contributed by atoms with Gasteiger partial charge in [-0.3, -0.25) is 9.35 Å². The summed E-state index contributed by atoms with van der Waals surface area (Å²) in [6.07, 6.45) is 4.39. The van der Waals surface area contributed by atoms with E-state index >= 15 is 0 Å². The van der Waals surface area contributed by atoms with Crippen molar-refractivity contribution in [3.8, 4) is 17.2 Å². The molecule has 0 aromatic heterocycles. The number of nitrogens with one attached hydrogen (secondary N) is 1. The molecule has 2 aliphatic carbocycles. The number of carbonyl (C=O) groups excluding carboxylic acids is 1. The minimum absolute atomic E-state index is 0.00354. The van der Waals surface area contributed by atoms with Crippen LogP contribution in [0.15, 0.2) is 48.6 Å². The molecular formula is C34H47NO8S. The molecule has 2 aromatic rings. The molecule has 9 nitrogen and oxygen atoms in total. The number of anilines is 1. The Morgan fingerprint density at radius 3 is 2.34 bits per heavy atom. The van der Waals surface area contributed by atoms with Gasteiger partial charge in [0.15, 0.2) is 6.61 Å². The second-order valence-corrected chi connectivity index (χ2v) is 15.2. The van der Waals surface area contributed by atoms with Crippen LogP contribution >= 0.6 is 0 Å². The van der Waals surface area contributed by atoms with Crippen molar-refractivity contribution < 1.29 is 37.1 Å². The summed E-state index contributed by atoms with van der Waals surface area (Å²) in [5.74, 6) is 2.10. The number of fused-ring (bicyclic) bond motifs is 3. The van der Waals surface area contributed by atoms with Gasteiger partial charge in [0.1, 0.15) is 17.2 Å². The molecule has 0 saturated heterocycles. The van der Waals surface area contributed by atoms with E-state index in [4.69, 9.17) is 18.8 Å². The molecule has 0 radical (unpaired) electrons. The number of aliphatic hydroxyl groups is 1. The van der Waals surface area contributed by atoms with E-state index in [-0.39, 0.29) is 34.5 Å². The molecule has 3 N–H and O–H groups in total. The molecule has 2 fully saturated rings. The average molecular weight is 630 g/mol. The Kier molecular flexibility index (Phi) is 9.78. The van der Waals surface area contributed by atoms with Gasteiger partial charge in [-0.2, -0.15) is 8.42 Å². The molecule has 1 aliphatic heterocycles. The van der Waals surface area contributed by atoms with E-state index in [1.165, 1.54) is 5.56 Å². The van der Waals surface area contributed by atoms with Gasteiger partial charge in [-0.15, -0.1) is 0 Å². The zero-order chi connectivity index (χ0) is 32.5. The van der Waals surface area contributed by atoms with Gasteiger partial charge in [0.2, 0.25) is 0 Å². The fourth-order valence-corrected chi connectivity index (χ4v) is 8.63. The summed E-state index contributed by atoms with van der Waals surface area (Å²) < 4.78 is 47.4. The standard InChI is InChI=1S/C23H29NO5.C11H18O3S/c1-23(2,13-15-5-7-16(27-3)8-6-15)10-9-20(25)18-11-17(28-4)12-19-22(18)29-14-21(26)24-19;1-8-6-9-4-5-11(8,10(9,2)3)7-15(12,13)14/h5-8,11-12,20,25H,9-10,13-14H2,1-4H3,(H,24,26);9H,1,4-7H2,2-3H3,(H,12,13,14)/t20-;/m0./s1. The topological polar surface area (TPSA) is 131 Å². The first-order chi connectivity index (χ1) is 20.5. The van der Waals surface area contributed by atoms with E-state index in [0.29, 0.717) is 35.1 Å². The number of methoxy groups -OCH3 is 2. The first-order valence-electron chi connectivity index (χ1n) is 15.1. The van der Waals surface area contributed by atoms with E-state index in [1.54, 1.807) is 26.4 Å². The minimum Gasteiger partial charge on any atom is -0.497 e. The van der Waals surface area contributed by atoms with Crippen LogP contribution in [0.5, 0.6) is 17.2 Å². The molecule has 44 heavy (non-hydrogen) atoms. The molecule has 0 spiro atoms. The number of aliphatic hydroxyl groups excluding tert-OH is 1. The van der Waals surface area contributed by atoms with E-state index in [2.05, 4.69) is 51.7 Å². The summed E-state index contributed by atoms with van der Waals surface area (Å²) in [7, 11) is -0.700. The SMILES string of the molecule is C=C1CC2CCC1(CS(=O)(=O)O)C2(C)C.COc1ccc(CC(C)(C)CC[C@H](O)c2cc(OC)cc3c2OCC(=O)N3)cc1. The monoisotopic (exact) mass is 629 g/mol. The van der Waals surface area contributed by atoms with E-state index in [0.717, 1.165) is 43.4 Å². The number of allylic oxidation sites excluding steroid dienone is 1. The number of carbonyl (C=O) groups is 1. The number of amides is 1. The van der Waals surface area contributed by atoms with Crippen LogP contribution in [0.3, 0.4) is 0 Å². The van der Waals surface area contributed by atoms with Crippen LogP contribution in [0.1, 0.15) is 77.0 Å². The predicted octanol–water partition coefficient (Wildman–Crippen LogP) is 6.37. The van der Waals surface area contributed by atoms with Crippen LogP contribution in [0.25, 0.3) is 0 Å². The third kappa shape index (κ3) is 7.24. The Balaban J connectivity index is 0.000000246. The fourth-order valence-electron chi connectivity index (χ4n) is 7.28. The van der Waals surface area contributed by atoms with E-state index < -0.39 is 16.2 Å². The highest BCUT2D eigenvalue weighted by Gasteiger charge is 2.62. The third-order valence-corrected chi connectivity index (χ3v) is 10.9. The Labute approximate surface area is 261 Å². The van der Waals surface area contributed by atoms with Gasteiger partial charge in [-0.25, -0.2) is 0 Å². The molecule has 1 amide bonds. The maximum Gasteiger partial charge on any atom is 0.265 e. The van der Waals surface area contributed by atoms with E-state index in [9.17, 15) is 18.3 Å². The zero-order valence-corrected chi connectivity index (χ0v) is 27.6. The van der Waals surface area contributed by atoms with Crippen molar-refractivity contribution >= 4 is 21.7 Å². The zero-order valence-electron chi connectivity index (χ0n) is 26.7. The lowest BCUT2D eigenvalue weighted by Crippen LogP contribution is -2.37. The smallest absolute Gasteiger partial charge is 0.265 e. The van der Waals surface area contributed by atoms with Crippen LogP contribution in [0, 0.1) is 22.2 Å². The van der Waals surface area contributed by atoms with Gasteiger partial charge < -0.3 is 24.6 Å². The maximum atomic E-state index is 11.6. The van der Waals surface area contributed by atoms with Gasteiger partial charge in [0, 0.05) is 17.0 Å². The van der Waals surface area contributed by atoms with Crippen LogP contribution in [0.4, 0.5) is 5.69 Å². The lowest BCUT2D eigenvalue weighted by molar-refractivity contribution is -0.118. The van der Waals surface area contributed by atoms with Gasteiger partial charge in [-0.1, -0.05) is 52.0 Å². The minimum atomic E-state index is -3.92. The second-order valence-electron chi connectivity index (χ2n) is 13.7. The first-order valence-corrected chi connectivity index (χ1v) is 16.7. The van der Waals surface area contributed by atoms with Crippen molar-refractivity contribution in [2.45, 2.75) is 72.3 Å². The number of ether oxygens (including phenoxy) is 3. The third-order valence-electron chi connectivity index (χ3n) is 10.0. The normalized spacial score (nSPS) is 22.7. The highest BCUT2D eigenvalue weighted by atomic mass is 32.2. The van der Waals surface area contributed by atoms with Crippen molar-refractivity contribution in [3.05, 3.63) is 59.7 Å². The number of benzene rings is 2. The summed E-state index contributed by atoms with van der Waals surface area (Å²) in [6, 6.07) is 11.6. The van der Waals surface area contributed by atoms with Crippen molar-refractivity contribution in [3.63, 3.8) is 0 Å². The molecule has 3 atom stereocenters. The van der Waals surface area contributed by atoms with Crippen LogP contribution in [-0.4, -0.2) is 50.6 Å². The largest absolute Gasteiger partial charge is 0.497 e. The molecule has 10 heteroatoms. The lowest BCUT2D eigenvalue weighted by Gasteiger charge is -2.37. The highest BCUT2D eigenvalue weighted by molar-refractivity contribution is 7.85. The van der Waals surface area contributed by atoms with Gasteiger partial charge in [0.05, 0.1) is 31.8 Å². The second kappa shape index (κ2) is 12.7. The van der Waals surface area contributed by atoms with Crippen molar-refractivity contribution in [1.82, 2.24) is 0 Å². The molecule has 5 rings (SSSR count). The van der Waals surface area contributed by atoms with E-state index in [1.807, 2.05) is 12.1 Å². The van der Waals surface area contributed by atoms with Crippen LogP contribution in [-0.2, 0) is 21.3 Å². The predicted molar refractivity (Wildman–Crippen MR) is 171 cm³/mol. The Hall–Kier alpha value is -3.08. The van der Waals surface area contributed by atoms with Crippen molar-refractivity contribution in [2.24, 2.45) is 22.2 Å². The number of hydrogen-bond acceptors (Lipinski definition) is 7. The fraction of sp³-hybridized carbons (Fsp3) is 0.559. The number of rotatable bonds is 10. The van der Waals surface area contributed by atoms with Crippen LogP contribution in [0.2, 0.25) is 0 Å². The highest BCUT2D eigenvalue weighted by Crippen LogP contribution is 2.68. The van der Waals surface area contributed by atoms with Gasteiger partial charge >= 0.3 is 0 Å². The molecule has 2 saturated carbocycles. The Morgan fingerprint density at radius 2 is 1.80 bits per heavy atom. The summed E-state index contributed by atoms with van der Waals surface area (Å²) in [6.45, 7) is 12.6. The average Bonchev–Trinajstić information content (AvgIpc) is 3.29. The van der Waals surface area contributed by atoms with Crippen molar-refractivity contribution in [2.75, 3.05) is 31.9 Å². The van der Waals surface area contributed by atoms with Gasteiger partial charge in [0.25, 0.3) is 16.0 Å². The molecule has 2 bridgehead atoms. The first kappa shape index (κ1) is 33.8. The Morgan fingerprint density at radius 1 is 1.14 bits per heavy atom. The molecule has 2 unspecified atom stereocenters. The summed E-state index contributed by atoms with van der Waals surface area (Å²) in [5, 5.41) is 13.7. The van der Waals surface area contributed by atoms with Crippen LogP contribution < -0.4 is 19.5 Å². The quantitative estimate of drug-likeness (QED) is 0.204. The molecular weight excluding hydrogens is 582 g/mol. The maximum absolute atomic E-state index is 11.6. The van der Waals surface area contributed by atoms with Crippen molar-refractivity contribution in [1.29, 1.82) is 0 Å².